The number of hydrogen-bond acceptors (Lipinski definition) is 2. The second-order valence-corrected chi connectivity index (χ2v) is 3.26. The summed E-state index contributed by atoms with van der Waals surface area (Å²) in [4.78, 5) is 14.6. The number of carbonyl (C=O) groups is 1. The molecular formula is C10H11N3O. The van der Waals surface area contributed by atoms with Gasteiger partial charge in [0.25, 0.3) is 0 Å². The Morgan fingerprint density at radius 1 is 1.29 bits per heavy atom. The van der Waals surface area contributed by atoms with Crippen molar-refractivity contribution in [3.05, 3.63) is 30.3 Å². The minimum Gasteiger partial charge on any atom is -0.320 e. The summed E-state index contributed by atoms with van der Waals surface area (Å²) in [5.41, 5.74) is 0.756. The summed E-state index contributed by atoms with van der Waals surface area (Å²) in [7, 11) is 1.69. The molecule has 0 saturated carbocycles. The zero-order chi connectivity index (χ0) is 10.1. The molecule has 4 heteroatoms. The second kappa shape index (κ2) is 3.14. The molecule has 1 fully saturated rings. The zero-order valence-corrected chi connectivity index (χ0v) is 7.90. The maximum atomic E-state index is 11.6. The van der Waals surface area contributed by atoms with Crippen molar-refractivity contribution >= 4 is 17.6 Å². The highest BCUT2D eigenvalue weighted by molar-refractivity contribution is 6.20. The number of urea groups is 1. The number of hydrogen-bond donors (Lipinski definition) is 1. The van der Waals surface area contributed by atoms with Crippen molar-refractivity contribution in [2.75, 3.05) is 18.5 Å². The number of benzene rings is 1. The van der Waals surface area contributed by atoms with Crippen LogP contribution < -0.4 is 4.90 Å². The van der Waals surface area contributed by atoms with Gasteiger partial charge in [0.05, 0.1) is 12.2 Å². The lowest BCUT2D eigenvalue weighted by Gasteiger charge is -2.14. The molecule has 0 bridgehead atoms. The normalized spacial score (nSPS) is 16.6. The molecular weight excluding hydrogens is 178 g/mol. The Balaban J connectivity index is 2.36. The molecule has 1 aliphatic heterocycles. The minimum absolute atomic E-state index is 0.138. The first kappa shape index (κ1) is 8.74. The van der Waals surface area contributed by atoms with Crippen LogP contribution in [-0.2, 0) is 0 Å². The lowest BCUT2D eigenvalue weighted by molar-refractivity contribution is 0.229. The molecule has 0 spiro atoms. The quantitative estimate of drug-likeness (QED) is 0.715. The molecule has 1 saturated heterocycles. The van der Waals surface area contributed by atoms with E-state index in [-0.39, 0.29) is 6.03 Å². The first-order valence-corrected chi connectivity index (χ1v) is 4.38. The molecule has 0 aromatic heterocycles. The van der Waals surface area contributed by atoms with E-state index in [1.165, 1.54) is 9.80 Å². The minimum atomic E-state index is -0.138. The van der Waals surface area contributed by atoms with Gasteiger partial charge in [0, 0.05) is 7.05 Å². The average molecular weight is 189 g/mol. The molecule has 1 aromatic carbocycles. The van der Waals surface area contributed by atoms with Crippen LogP contribution in [-0.4, -0.2) is 30.4 Å². The largest absolute Gasteiger partial charge is 0.330 e. The summed E-state index contributed by atoms with van der Waals surface area (Å²) >= 11 is 0. The highest BCUT2D eigenvalue weighted by Crippen LogP contribution is 2.19. The van der Waals surface area contributed by atoms with Crippen molar-refractivity contribution in [1.29, 1.82) is 5.41 Å². The van der Waals surface area contributed by atoms with Crippen LogP contribution in [0.15, 0.2) is 30.3 Å². The molecule has 4 nitrogen and oxygen atoms in total. The van der Waals surface area contributed by atoms with Gasteiger partial charge in [0.2, 0.25) is 0 Å². The number of rotatable bonds is 1. The molecule has 0 atom stereocenters. The highest BCUT2D eigenvalue weighted by atomic mass is 16.2. The Labute approximate surface area is 82.3 Å². The van der Waals surface area contributed by atoms with Gasteiger partial charge in [-0.05, 0) is 12.1 Å². The summed E-state index contributed by atoms with van der Waals surface area (Å²) in [6, 6.07) is 9.11. The number of amides is 2. The first-order valence-electron chi connectivity index (χ1n) is 4.38. The van der Waals surface area contributed by atoms with E-state index in [2.05, 4.69) is 0 Å². The number of likely N-dealkylation sites (N-methyl/N-ethyl adjacent to an activating group) is 1. The fourth-order valence-electron chi connectivity index (χ4n) is 1.49. The van der Waals surface area contributed by atoms with E-state index in [1.54, 1.807) is 7.05 Å². The highest BCUT2D eigenvalue weighted by Gasteiger charge is 2.31. The van der Waals surface area contributed by atoms with E-state index in [1.807, 2.05) is 30.3 Å². The first-order chi connectivity index (χ1) is 6.70. The number of para-hydroxylation sites is 1. The van der Waals surface area contributed by atoms with Gasteiger partial charge in [-0.3, -0.25) is 5.41 Å². The van der Waals surface area contributed by atoms with Gasteiger partial charge < -0.3 is 4.90 Å². The Morgan fingerprint density at radius 2 is 1.93 bits per heavy atom. The van der Waals surface area contributed by atoms with Gasteiger partial charge in [-0.25, -0.2) is 9.69 Å². The van der Waals surface area contributed by atoms with E-state index < -0.39 is 0 Å². The van der Waals surface area contributed by atoms with E-state index in [0.717, 1.165) is 5.69 Å². The predicted molar refractivity (Wildman–Crippen MR) is 54.7 cm³/mol. The summed E-state index contributed by atoms with van der Waals surface area (Å²) in [5.74, 6) is 0.323. The Hall–Kier alpha value is -1.84. The SMILES string of the molecule is CN1CC(=N)N(c2ccccc2)C1=O. The van der Waals surface area contributed by atoms with Crippen LogP contribution in [0.25, 0.3) is 0 Å². The van der Waals surface area contributed by atoms with Gasteiger partial charge >= 0.3 is 6.03 Å². The Bertz CT molecular complexity index is 374. The zero-order valence-electron chi connectivity index (χ0n) is 7.90. The molecule has 0 unspecified atom stereocenters. The fraction of sp³-hybridized carbons (Fsp3) is 0.200. The smallest absolute Gasteiger partial charge is 0.320 e. The third-order valence-corrected chi connectivity index (χ3v) is 2.19. The topological polar surface area (TPSA) is 47.4 Å². The van der Waals surface area contributed by atoms with Gasteiger partial charge in [-0.1, -0.05) is 18.2 Å². The third kappa shape index (κ3) is 1.25. The van der Waals surface area contributed by atoms with E-state index >= 15 is 0 Å². The lowest BCUT2D eigenvalue weighted by Crippen LogP contribution is -2.30. The predicted octanol–water partition coefficient (Wildman–Crippen LogP) is 1.54. The van der Waals surface area contributed by atoms with Crippen LogP contribution in [0.5, 0.6) is 0 Å². The average Bonchev–Trinajstić information content (AvgIpc) is 2.43. The Kier molecular flexibility index (Phi) is 1.96. The third-order valence-electron chi connectivity index (χ3n) is 2.19. The summed E-state index contributed by atoms with van der Waals surface area (Å²) in [6.45, 7) is 0.383. The van der Waals surface area contributed by atoms with E-state index in [0.29, 0.717) is 12.4 Å². The van der Waals surface area contributed by atoms with Crippen molar-refractivity contribution in [3.63, 3.8) is 0 Å². The van der Waals surface area contributed by atoms with Crippen molar-refractivity contribution in [2.45, 2.75) is 0 Å². The fourth-order valence-corrected chi connectivity index (χ4v) is 1.49. The Morgan fingerprint density at radius 3 is 2.43 bits per heavy atom. The molecule has 72 valence electrons. The van der Waals surface area contributed by atoms with Crippen LogP contribution >= 0.6 is 0 Å². The number of carbonyl (C=O) groups excluding carboxylic acids is 1. The number of amidine groups is 1. The van der Waals surface area contributed by atoms with Crippen LogP contribution in [0.2, 0.25) is 0 Å². The molecule has 2 rings (SSSR count). The van der Waals surface area contributed by atoms with Gasteiger partial charge in [0.1, 0.15) is 5.84 Å². The van der Waals surface area contributed by atoms with Crippen molar-refractivity contribution in [3.8, 4) is 0 Å². The molecule has 14 heavy (non-hydrogen) atoms. The van der Waals surface area contributed by atoms with Crippen LogP contribution in [0, 0.1) is 5.41 Å². The lowest BCUT2D eigenvalue weighted by atomic mass is 10.3. The number of nitrogens with one attached hydrogen (secondary N) is 1. The maximum Gasteiger partial charge on any atom is 0.330 e. The molecule has 0 aliphatic carbocycles. The monoisotopic (exact) mass is 189 g/mol. The molecule has 0 radical (unpaired) electrons. The summed E-state index contributed by atoms with van der Waals surface area (Å²) < 4.78 is 0. The van der Waals surface area contributed by atoms with Gasteiger partial charge in [-0.2, -0.15) is 0 Å². The van der Waals surface area contributed by atoms with Crippen molar-refractivity contribution in [1.82, 2.24) is 4.90 Å². The molecule has 1 aliphatic rings. The number of anilines is 1. The molecule has 1 heterocycles. The van der Waals surface area contributed by atoms with Crippen LogP contribution in [0.3, 0.4) is 0 Å². The molecule has 2 amide bonds. The van der Waals surface area contributed by atoms with Crippen LogP contribution in [0.1, 0.15) is 0 Å². The molecule has 1 aromatic rings. The second-order valence-electron chi connectivity index (χ2n) is 3.26. The molecule has 1 N–H and O–H groups in total. The summed E-state index contributed by atoms with van der Waals surface area (Å²) in [6.07, 6.45) is 0. The number of nitrogens with zero attached hydrogens (tertiary/aromatic N) is 2. The van der Waals surface area contributed by atoms with Crippen molar-refractivity contribution in [2.24, 2.45) is 0 Å². The van der Waals surface area contributed by atoms with E-state index in [9.17, 15) is 4.79 Å². The van der Waals surface area contributed by atoms with E-state index in [4.69, 9.17) is 5.41 Å². The maximum absolute atomic E-state index is 11.6. The summed E-state index contributed by atoms with van der Waals surface area (Å²) in [5, 5.41) is 7.67. The van der Waals surface area contributed by atoms with Gasteiger partial charge in [-0.15, -0.1) is 0 Å². The van der Waals surface area contributed by atoms with Crippen molar-refractivity contribution < 1.29 is 4.79 Å². The van der Waals surface area contributed by atoms with Gasteiger partial charge in [0.15, 0.2) is 0 Å². The standard InChI is InChI=1S/C10H11N3O/c1-12-7-9(11)13(10(12)14)8-5-3-2-4-6-8/h2-6,11H,7H2,1H3. The van der Waals surface area contributed by atoms with Crippen LogP contribution in [0.4, 0.5) is 10.5 Å².